The van der Waals surface area contributed by atoms with Gasteiger partial charge in [0.05, 0.1) is 17.4 Å². The molecule has 1 fully saturated rings. The number of carboxylic acid groups (broad SMARTS) is 1. The zero-order valence-corrected chi connectivity index (χ0v) is 14.3. The van der Waals surface area contributed by atoms with Crippen LogP contribution in [0.5, 0.6) is 0 Å². The Labute approximate surface area is 141 Å². The van der Waals surface area contributed by atoms with E-state index in [0.717, 1.165) is 27.7 Å². The molecule has 0 aliphatic carbocycles. The van der Waals surface area contributed by atoms with E-state index in [2.05, 4.69) is 4.98 Å². The normalized spacial score (nSPS) is 20.5. The average molecular weight is 326 g/mol. The number of carbonyl (C=O) groups excluding carboxylic acids is 1. The predicted molar refractivity (Wildman–Crippen MR) is 91.9 cm³/mol. The van der Waals surface area contributed by atoms with Crippen LogP contribution < -0.4 is 0 Å². The van der Waals surface area contributed by atoms with Gasteiger partial charge in [-0.1, -0.05) is 18.2 Å². The SMILES string of the molecule is Cc1nc2ccccc2c(C)c1CC(=O)N1CC[C@@](C)(C(=O)O)C1. The van der Waals surface area contributed by atoms with Crippen LogP contribution in [0.15, 0.2) is 24.3 Å². The zero-order valence-electron chi connectivity index (χ0n) is 14.3. The van der Waals surface area contributed by atoms with E-state index in [9.17, 15) is 14.7 Å². The molecule has 1 aliphatic heterocycles. The number of fused-ring (bicyclic) bond motifs is 1. The summed E-state index contributed by atoms with van der Waals surface area (Å²) in [7, 11) is 0. The molecule has 0 bridgehead atoms. The van der Waals surface area contributed by atoms with Crippen molar-refractivity contribution in [3.05, 3.63) is 41.1 Å². The van der Waals surface area contributed by atoms with Gasteiger partial charge in [-0.2, -0.15) is 0 Å². The molecular formula is C19H22N2O3. The molecule has 0 saturated carbocycles. The fraction of sp³-hybridized carbons (Fsp3) is 0.421. The van der Waals surface area contributed by atoms with E-state index in [1.807, 2.05) is 38.1 Å². The number of carbonyl (C=O) groups is 2. The van der Waals surface area contributed by atoms with E-state index >= 15 is 0 Å². The Hall–Kier alpha value is -2.43. The van der Waals surface area contributed by atoms with Crippen molar-refractivity contribution in [3.63, 3.8) is 0 Å². The Morgan fingerprint density at radius 2 is 2.00 bits per heavy atom. The third kappa shape index (κ3) is 2.75. The number of hydrogen-bond acceptors (Lipinski definition) is 3. The molecule has 2 heterocycles. The Balaban J connectivity index is 1.85. The number of aromatic nitrogens is 1. The van der Waals surface area contributed by atoms with Gasteiger partial charge >= 0.3 is 5.97 Å². The van der Waals surface area contributed by atoms with Crippen molar-refractivity contribution in [1.29, 1.82) is 0 Å². The van der Waals surface area contributed by atoms with Crippen LogP contribution in [0, 0.1) is 19.3 Å². The summed E-state index contributed by atoms with van der Waals surface area (Å²) in [6.45, 7) is 6.43. The molecule has 1 amide bonds. The molecule has 2 aromatic rings. The van der Waals surface area contributed by atoms with Gasteiger partial charge in [0.25, 0.3) is 0 Å². The minimum absolute atomic E-state index is 0.0248. The molecule has 126 valence electrons. The molecule has 1 N–H and O–H groups in total. The van der Waals surface area contributed by atoms with Crippen molar-refractivity contribution >= 4 is 22.8 Å². The minimum atomic E-state index is -0.836. The average Bonchev–Trinajstić information content (AvgIpc) is 2.95. The number of aryl methyl sites for hydroxylation is 2. The number of aliphatic carboxylic acids is 1. The highest BCUT2D eigenvalue weighted by Gasteiger charge is 2.42. The summed E-state index contributed by atoms with van der Waals surface area (Å²) in [4.78, 5) is 30.3. The van der Waals surface area contributed by atoms with Gasteiger partial charge in [0, 0.05) is 24.2 Å². The van der Waals surface area contributed by atoms with Crippen LogP contribution in [-0.2, 0) is 16.0 Å². The highest BCUT2D eigenvalue weighted by Crippen LogP contribution is 2.31. The molecule has 1 aromatic heterocycles. The van der Waals surface area contributed by atoms with Gasteiger partial charge in [-0.3, -0.25) is 14.6 Å². The predicted octanol–water partition coefficient (Wildman–Crippen LogP) is 2.72. The van der Waals surface area contributed by atoms with Crippen LogP contribution in [-0.4, -0.2) is 40.0 Å². The maximum Gasteiger partial charge on any atom is 0.311 e. The fourth-order valence-corrected chi connectivity index (χ4v) is 3.44. The van der Waals surface area contributed by atoms with E-state index in [0.29, 0.717) is 13.0 Å². The molecule has 24 heavy (non-hydrogen) atoms. The maximum absolute atomic E-state index is 12.7. The number of nitrogens with zero attached hydrogens (tertiary/aromatic N) is 2. The zero-order chi connectivity index (χ0) is 17.5. The number of amides is 1. The lowest BCUT2D eigenvalue weighted by Crippen LogP contribution is -2.35. The first-order chi connectivity index (χ1) is 11.3. The summed E-state index contributed by atoms with van der Waals surface area (Å²) < 4.78 is 0. The van der Waals surface area contributed by atoms with Crippen molar-refractivity contribution in [2.24, 2.45) is 5.41 Å². The Kier molecular flexibility index (Phi) is 4.03. The van der Waals surface area contributed by atoms with Gasteiger partial charge in [-0.15, -0.1) is 0 Å². The summed E-state index contributed by atoms with van der Waals surface area (Å²) in [6.07, 6.45) is 0.771. The third-order valence-corrected chi connectivity index (χ3v) is 5.16. The quantitative estimate of drug-likeness (QED) is 0.941. The Morgan fingerprint density at radius 3 is 2.67 bits per heavy atom. The van der Waals surface area contributed by atoms with Crippen LogP contribution in [0.3, 0.4) is 0 Å². The van der Waals surface area contributed by atoms with E-state index in [1.54, 1.807) is 11.8 Å². The lowest BCUT2D eigenvalue weighted by Gasteiger charge is -2.21. The molecule has 5 heteroatoms. The summed E-state index contributed by atoms with van der Waals surface area (Å²) in [6, 6.07) is 7.91. The number of rotatable bonds is 3. The largest absolute Gasteiger partial charge is 0.481 e. The second-order valence-electron chi connectivity index (χ2n) is 6.93. The first kappa shape index (κ1) is 16.4. The molecular weight excluding hydrogens is 304 g/mol. The maximum atomic E-state index is 12.7. The van der Waals surface area contributed by atoms with E-state index in [-0.39, 0.29) is 18.9 Å². The van der Waals surface area contributed by atoms with Crippen LogP contribution in [0.1, 0.15) is 30.2 Å². The van der Waals surface area contributed by atoms with Crippen molar-refractivity contribution in [2.75, 3.05) is 13.1 Å². The molecule has 0 radical (unpaired) electrons. The van der Waals surface area contributed by atoms with Crippen molar-refractivity contribution < 1.29 is 14.7 Å². The summed E-state index contributed by atoms with van der Waals surface area (Å²) in [5.41, 5.74) is 2.99. The number of para-hydroxylation sites is 1. The van der Waals surface area contributed by atoms with Crippen molar-refractivity contribution in [1.82, 2.24) is 9.88 Å². The molecule has 5 nitrogen and oxygen atoms in total. The number of hydrogen-bond donors (Lipinski definition) is 1. The van der Waals surface area contributed by atoms with Gasteiger partial charge in [0.1, 0.15) is 0 Å². The number of pyridine rings is 1. The molecule has 3 rings (SSSR count). The Bertz CT molecular complexity index is 831. The number of likely N-dealkylation sites (tertiary alicyclic amines) is 1. The minimum Gasteiger partial charge on any atom is -0.481 e. The first-order valence-corrected chi connectivity index (χ1v) is 8.18. The van der Waals surface area contributed by atoms with Gasteiger partial charge in [0.15, 0.2) is 0 Å². The third-order valence-electron chi connectivity index (χ3n) is 5.16. The highest BCUT2D eigenvalue weighted by molar-refractivity contribution is 5.87. The summed E-state index contributed by atoms with van der Waals surface area (Å²) >= 11 is 0. The monoisotopic (exact) mass is 326 g/mol. The van der Waals surface area contributed by atoms with E-state index in [1.165, 1.54) is 0 Å². The second-order valence-corrected chi connectivity index (χ2v) is 6.93. The summed E-state index contributed by atoms with van der Waals surface area (Å²) in [5, 5.41) is 10.4. The molecule has 0 spiro atoms. The van der Waals surface area contributed by atoms with Crippen LogP contribution in [0.25, 0.3) is 10.9 Å². The van der Waals surface area contributed by atoms with Gasteiger partial charge < -0.3 is 10.0 Å². The molecule has 1 aliphatic rings. The number of benzene rings is 1. The van der Waals surface area contributed by atoms with Crippen LogP contribution in [0.4, 0.5) is 0 Å². The first-order valence-electron chi connectivity index (χ1n) is 8.18. The Morgan fingerprint density at radius 1 is 1.29 bits per heavy atom. The topological polar surface area (TPSA) is 70.5 Å². The standard InChI is InChI=1S/C19H22N2O3/c1-12-14-6-4-5-7-16(14)20-13(2)15(12)10-17(22)21-9-8-19(3,11-21)18(23)24/h4-7H,8-11H2,1-3H3,(H,23,24)/t19-/m1/s1. The fourth-order valence-electron chi connectivity index (χ4n) is 3.44. The van der Waals surface area contributed by atoms with Crippen LogP contribution >= 0.6 is 0 Å². The molecule has 1 aromatic carbocycles. The van der Waals surface area contributed by atoms with E-state index in [4.69, 9.17) is 0 Å². The second kappa shape index (κ2) is 5.89. The molecule has 1 saturated heterocycles. The smallest absolute Gasteiger partial charge is 0.311 e. The van der Waals surface area contributed by atoms with Gasteiger partial charge in [-0.25, -0.2) is 0 Å². The number of carboxylic acids is 1. The lowest BCUT2D eigenvalue weighted by molar-refractivity contribution is -0.147. The summed E-state index contributed by atoms with van der Waals surface area (Å²) in [5.74, 6) is -0.860. The van der Waals surface area contributed by atoms with Gasteiger partial charge in [-0.05, 0) is 44.4 Å². The van der Waals surface area contributed by atoms with Gasteiger partial charge in [0.2, 0.25) is 5.91 Å². The highest BCUT2D eigenvalue weighted by atomic mass is 16.4. The van der Waals surface area contributed by atoms with Crippen molar-refractivity contribution in [2.45, 2.75) is 33.6 Å². The van der Waals surface area contributed by atoms with Crippen LogP contribution in [0.2, 0.25) is 0 Å². The lowest BCUT2D eigenvalue weighted by atomic mass is 9.90. The van der Waals surface area contributed by atoms with Crippen molar-refractivity contribution in [3.8, 4) is 0 Å². The molecule has 1 atom stereocenters. The van der Waals surface area contributed by atoms with E-state index < -0.39 is 11.4 Å². The molecule has 0 unspecified atom stereocenters.